The molecule has 1 aromatic heterocycles. The average Bonchev–Trinajstić information content (AvgIpc) is 3.36. The van der Waals surface area contributed by atoms with E-state index >= 15 is 0 Å². The number of Topliss-reactive ketones (excluding diaryl/α,β-unsaturated/α-hetero) is 1. The van der Waals surface area contributed by atoms with Crippen molar-refractivity contribution in [3.63, 3.8) is 0 Å². The van der Waals surface area contributed by atoms with Crippen LogP contribution >= 0.6 is 11.8 Å². The van der Waals surface area contributed by atoms with Crippen LogP contribution in [0.1, 0.15) is 53.8 Å². The predicted octanol–water partition coefficient (Wildman–Crippen LogP) is 4.27. The van der Waals surface area contributed by atoms with E-state index in [9.17, 15) is 4.79 Å². The van der Waals surface area contributed by atoms with Crippen LogP contribution in [0.25, 0.3) is 0 Å². The van der Waals surface area contributed by atoms with Crippen LogP contribution in [0.15, 0.2) is 42.1 Å². The number of hydrogen-bond acceptors (Lipinski definition) is 4. The summed E-state index contributed by atoms with van der Waals surface area (Å²) in [7, 11) is 0. The number of ketones is 1. The Balaban J connectivity index is 1.64. The molecule has 0 radical (unpaired) electrons. The number of hydrogen-bond donors (Lipinski definition) is 0. The molecule has 1 aliphatic rings. The minimum Gasteiger partial charge on any atom is -0.302 e. The van der Waals surface area contributed by atoms with Crippen LogP contribution in [0, 0.1) is 0 Å². The molecule has 1 aliphatic carbocycles. The predicted molar refractivity (Wildman–Crippen MR) is 97.7 cm³/mol. The van der Waals surface area contributed by atoms with Crippen molar-refractivity contribution in [2.24, 2.45) is 0 Å². The summed E-state index contributed by atoms with van der Waals surface area (Å²) in [6, 6.07) is 7.95. The number of carbonyl (C=O) groups excluding carboxylic acids is 1. The maximum absolute atomic E-state index is 12.4. The molecule has 1 saturated carbocycles. The number of rotatable bonds is 9. The summed E-state index contributed by atoms with van der Waals surface area (Å²) in [5.74, 6) is 2.08. The van der Waals surface area contributed by atoms with Crippen LogP contribution in [0.3, 0.4) is 0 Å². The van der Waals surface area contributed by atoms with Gasteiger partial charge in [-0.1, -0.05) is 55.4 Å². The first-order chi connectivity index (χ1) is 11.7. The molecule has 0 aliphatic heterocycles. The summed E-state index contributed by atoms with van der Waals surface area (Å²) in [6.45, 7) is 6.66. The molecule has 2 aromatic rings. The molecule has 0 N–H and O–H groups in total. The average molecular weight is 341 g/mol. The number of allylic oxidation sites excluding steroid dienone is 1. The fraction of sp³-hybridized carbons (Fsp3) is 0.421. The minimum absolute atomic E-state index is 0.129. The maximum Gasteiger partial charge on any atom is 0.191 e. The molecule has 0 saturated heterocycles. The van der Waals surface area contributed by atoms with E-state index < -0.39 is 0 Å². The van der Waals surface area contributed by atoms with E-state index in [0.29, 0.717) is 18.2 Å². The van der Waals surface area contributed by atoms with E-state index in [4.69, 9.17) is 0 Å². The first-order valence-corrected chi connectivity index (χ1v) is 9.50. The normalized spacial score (nSPS) is 13.9. The van der Waals surface area contributed by atoms with Gasteiger partial charge in [-0.3, -0.25) is 4.79 Å². The molecule has 3 rings (SSSR count). The highest BCUT2D eigenvalue weighted by Gasteiger charge is 2.30. The van der Waals surface area contributed by atoms with Crippen molar-refractivity contribution in [1.29, 1.82) is 0 Å². The molecule has 0 atom stereocenters. The van der Waals surface area contributed by atoms with E-state index in [2.05, 4.69) is 28.3 Å². The third-order valence-corrected chi connectivity index (χ3v) is 5.11. The molecule has 1 fully saturated rings. The SMILES string of the molecule is C=CCn1c(SCC(=O)c2ccc(CCC)cc2)nnc1C1CC1. The lowest BCUT2D eigenvalue weighted by molar-refractivity contribution is 0.102. The number of aromatic nitrogens is 3. The molecule has 0 amide bonds. The first-order valence-electron chi connectivity index (χ1n) is 8.51. The quantitative estimate of drug-likeness (QED) is 0.388. The largest absolute Gasteiger partial charge is 0.302 e. The van der Waals surface area contributed by atoms with E-state index in [1.165, 1.54) is 30.2 Å². The standard InChI is InChI=1S/C19H23N3OS/c1-3-5-14-6-8-15(9-7-14)17(23)13-24-19-21-20-18(16-10-11-16)22(19)12-4-2/h4,6-9,16H,2-3,5,10-13H2,1H3. The molecule has 4 nitrogen and oxygen atoms in total. The van der Waals surface area contributed by atoms with Gasteiger partial charge in [0.2, 0.25) is 0 Å². The molecule has 1 aromatic carbocycles. The van der Waals surface area contributed by atoms with Crippen LogP contribution in [0.4, 0.5) is 0 Å². The van der Waals surface area contributed by atoms with Crippen molar-refractivity contribution in [2.45, 2.75) is 50.2 Å². The monoisotopic (exact) mass is 341 g/mol. The second kappa shape index (κ2) is 7.79. The van der Waals surface area contributed by atoms with Gasteiger partial charge in [0.15, 0.2) is 10.9 Å². The van der Waals surface area contributed by atoms with Gasteiger partial charge in [-0.2, -0.15) is 0 Å². The molecular formula is C19H23N3OS. The topological polar surface area (TPSA) is 47.8 Å². The van der Waals surface area contributed by atoms with Crippen LogP contribution in [-0.2, 0) is 13.0 Å². The molecule has 0 spiro atoms. The van der Waals surface area contributed by atoms with Gasteiger partial charge in [0.05, 0.1) is 5.75 Å². The Morgan fingerprint density at radius 3 is 2.71 bits per heavy atom. The smallest absolute Gasteiger partial charge is 0.191 e. The fourth-order valence-corrected chi connectivity index (χ4v) is 3.56. The van der Waals surface area contributed by atoms with Crippen LogP contribution in [0.2, 0.25) is 0 Å². The minimum atomic E-state index is 0.129. The summed E-state index contributed by atoms with van der Waals surface area (Å²) in [6.07, 6.45) is 6.39. The van der Waals surface area contributed by atoms with Gasteiger partial charge in [0, 0.05) is 18.0 Å². The van der Waals surface area contributed by atoms with Gasteiger partial charge >= 0.3 is 0 Å². The van der Waals surface area contributed by atoms with Crippen molar-refractivity contribution >= 4 is 17.5 Å². The van der Waals surface area contributed by atoms with Gasteiger partial charge in [0.25, 0.3) is 0 Å². The highest BCUT2D eigenvalue weighted by Crippen LogP contribution is 2.40. The lowest BCUT2D eigenvalue weighted by Gasteiger charge is -2.07. The third-order valence-electron chi connectivity index (χ3n) is 4.15. The number of aryl methyl sites for hydroxylation is 1. The number of thioether (sulfide) groups is 1. The summed E-state index contributed by atoms with van der Waals surface area (Å²) < 4.78 is 2.09. The Labute approximate surface area is 147 Å². The van der Waals surface area contributed by atoms with Gasteiger partial charge in [-0.05, 0) is 24.8 Å². The lowest BCUT2D eigenvalue weighted by Crippen LogP contribution is -2.06. The van der Waals surface area contributed by atoms with Gasteiger partial charge in [-0.15, -0.1) is 16.8 Å². The van der Waals surface area contributed by atoms with Crippen molar-refractivity contribution in [2.75, 3.05) is 5.75 Å². The van der Waals surface area contributed by atoms with Gasteiger partial charge < -0.3 is 4.57 Å². The Morgan fingerprint density at radius 2 is 2.08 bits per heavy atom. The Morgan fingerprint density at radius 1 is 1.33 bits per heavy atom. The van der Waals surface area contributed by atoms with Crippen LogP contribution < -0.4 is 0 Å². The first kappa shape index (κ1) is 17.0. The summed E-state index contributed by atoms with van der Waals surface area (Å²) in [5, 5.41) is 9.40. The highest BCUT2D eigenvalue weighted by molar-refractivity contribution is 7.99. The molecule has 0 bridgehead atoms. The Bertz CT molecular complexity index is 717. The number of nitrogens with zero attached hydrogens (tertiary/aromatic N) is 3. The van der Waals surface area contributed by atoms with Crippen molar-refractivity contribution in [3.8, 4) is 0 Å². The lowest BCUT2D eigenvalue weighted by atomic mass is 10.1. The third kappa shape index (κ3) is 3.96. The Kier molecular flexibility index (Phi) is 5.51. The van der Waals surface area contributed by atoms with E-state index in [-0.39, 0.29) is 5.78 Å². The summed E-state index contributed by atoms with van der Waals surface area (Å²) in [5.41, 5.74) is 2.04. The van der Waals surface area contributed by atoms with E-state index in [1.807, 2.05) is 30.3 Å². The number of benzene rings is 1. The van der Waals surface area contributed by atoms with Crippen LogP contribution in [-0.4, -0.2) is 26.3 Å². The fourth-order valence-electron chi connectivity index (χ4n) is 2.71. The van der Waals surface area contributed by atoms with Crippen molar-refractivity contribution < 1.29 is 4.79 Å². The van der Waals surface area contributed by atoms with Crippen LogP contribution in [0.5, 0.6) is 0 Å². The van der Waals surface area contributed by atoms with E-state index in [1.54, 1.807) is 0 Å². The zero-order valence-corrected chi connectivity index (χ0v) is 14.9. The Hall–Kier alpha value is -1.88. The van der Waals surface area contributed by atoms with Crippen molar-refractivity contribution in [1.82, 2.24) is 14.8 Å². The summed E-state index contributed by atoms with van der Waals surface area (Å²) in [4.78, 5) is 12.4. The van der Waals surface area contributed by atoms with E-state index in [0.717, 1.165) is 29.4 Å². The highest BCUT2D eigenvalue weighted by atomic mass is 32.2. The summed E-state index contributed by atoms with van der Waals surface area (Å²) >= 11 is 1.46. The molecule has 0 unspecified atom stereocenters. The number of carbonyl (C=O) groups is 1. The zero-order valence-electron chi connectivity index (χ0n) is 14.1. The molecule has 24 heavy (non-hydrogen) atoms. The van der Waals surface area contributed by atoms with Crippen molar-refractivity contribution in [3.05, 3.63) is 53.9 Å². The van der Waals surface area contributed by atoms with Gasteiger partial charge in [-0.25, -0.2) is 0 Å². The molecular weight excluding hydrogens is 318 g/mol. The molecule has 5 heteroatoms. The second-order valence-corrected chi connectivity index (χ2v) is 7.12. The zero-order chi connectivity index (χ0) is 16.9. The maximum atomic E-state index is 12.4. The second-order valence-electron chi connectivity index (χ2n) is 6.17. The molecule has 126 valence electrons. The molecule has 1 heterocycles. The van der Waals surface area contributed by atoms with Gasteiger partial charge in [0.1, 0.15) is 5.82 Å².